The van der Waals surface area contributed by atoms with E-state index in [0.29, 0.717) is 41.1 Å². The third kappa shape index (κ3) is 5.52. The summed E-state index contributed by atoms with van der Waals surface area (Å²) in [5.41, 5.74) is 7.74. The topological polar surface area (TPSA) is 91.1 Å². The molecule has 0 heterocycles. The second kappa shape index (κ2) is 10.8. The van der Waals surface area contributed by atoms with Crippen molar-refractivity contribution < 1.29 is 22.6 Å². The van der Waals surface area contributed by atoms with Gasteiger partial charge in [0.2, 0.25) is 0 Å². The van der Waals surface area contributed by atoms with Gasteiger partial charge in [0, 0.05) is 18.7 Å². The smallest absolute Gasteiger partial charge is 0.264 e. The van der Waals surface area contributed by atoms with Crippen LogP contribution in [0.3, 0.4) is 0 Å². The number of sulfonamides is 1. The molecule has 0 saturated carbocycles. The van der Waals surface area contributed by atoms with E-state index in [9.17, 15) is 8.42 Å². The predicted octanol–water partition coefficient (Wildman–Crippen LogP) is 4.61. The van der Waals surface area contributed by atoms with Crippen molar-refractivity contribution in [3.8, 4) is 17.2 Å². The third-order valence-corrected chi connectivity index (χ3v) is 7.07. The molecule has 0 aliphatic carbocycles. The van der Waals surface area contributed by atoms with E-state index in [4.69, 9.17) is 31.5 Å². The normalized spacial score (nSPS) is 11.2. The monoisotopic (exact) mass is 490 g/mol. The first-order chi connectivity index (χ1) is 15.8. The number of nitrogens with zero attached hydrogens (tertiary/aromatic N) is 1. The van der Waals surface area contributed by atoms with Crippen molar-refractivity contribution in [1.82, 2.24) is 0 Å². The Morgan fingerprint density at radius 2 is 1.61 bits per heavy atom. The fourth-order valence-corrected chi connectivity index (χ4v) is 5.05. The first kappa shape index (κ1) is 24.7. The molecule has 0 radical (unpaired) electrons. The van der Waals surface area contributed by atoms with Crippen LogP contribution in [-0.2, 0) is 23.1 Å². The van der Waals surface area contributed by atoms with Gasteiger partial charge in [0.1, 0.15) is 17.2 Å². The zero-order chi connectivity index (χ0) is 24.0. The molecule has 0 aromatic heterocycles. The summed E-state index contributed by atoms with van der Waals surface area (Å²) in [6, 6.07) is 16.8. The van der Waals surface area contributed by atoms with E-state index in [0.717, 1.165) is 11.1 Å². The lowest BCUT2D eigenvalue weighted by Gasteiger charge is -2.27. The first-order valence-corrected chi connectivity index (χ1v) is 12.1. The van der Waals surface area contributed by atoms with Crippen molar-refractivity contribution in [1.29, 1.82) is 0 Å². The Hall–Kier alpha value is -2.94. The number of hydrogen-bond acceptors (Lipinski definition) is 6. The van der Waals surface area contributed by atoms with Gasteiger partial charge in [-0.1, -0.05) is 35.9 Å². The van der Waals surface area contributed by atoms with Gasteiger partial charge in [-0.3, -0.25) is 4.31 Å². The van der Waals surface area contributed by atoms with Gasteiger partial charge in [-0.25, -0.2) is 8.42 Å². The number of rotatable bonds is 10. The number of methoxy groups -OCH3 is 2. The summed E-state index contributed by atoms with van der Waals surface area (Å²) in [5.74, 6) is 1.21. The molecule has 9 heteroatoms. The van der Waals surface area contributed by atoms with Crippen LogP contribution in [0.1, 0.15) is 18.1 Å². The third-order valence-electron chi connectivity index (χ3n) is 5.00. The second-order valence-electron chi connectivity index (χ2n) is 7.10. The lowest BCUT2D eigenvalue weighted by atomic mass is 10.1. The van der Waals surface area contributed by atoms with Gasteiger partial charge in [-0.05, 0) is 42.3 Å². The fourth-order valence-electron chi connectivity index (χ4n) is 3.36. The average molecular weight is 491 g/mol. The fraction of sp³-hybridized carbons (Fsp3) is 0.250. The molecule has 0 atom stereocenters. The molecule has 0 aliphatic rings. The van der Waals surface area contributed by atoms with E-state index in [1.807, 2.05) is 31.2 Å². The predicted molar refractivity (Wildman–Crippen MR) is 130 cm³/mol. The van der Waals surface area contributed by atoms with Crippen LogP contribution in [0.15, 0.2) is 65.6 Å². The van der Waals surface area contributed by atoms with Crippen molar-refractivity contribution in [3.63, 3.8) is 0 Å². The molecule has 176 valence electrons. The van der Waals surface area contributed by atoms with Crippen molar-refractivity contribution >= 4 is 27.3 Å². The minimum atomic E-state index is -4.01. The van der Waals surface area contributed by atoms with Gasteiger partial charge in [-0.2, -0.15) is 0 Å². The first-order valence-electron chi connectivity index (χ1n) is 10.3. The summed E-state index contributed by atoms with van der Waals surface area (Å²) >= 11 is 6.26. The number of nitrogens with two attached hydrogens (primary N) is 1. The van der Waals surface area contributed by atoms with Crippen LogP contribution >= 0.6 is 11.6 Å². The maximum absolute atomic E-state index is 13.8. The molecule has 0 fully saturated rings. The zero-order valence-electron chi connectivity index (χ0n) is 18.7. The standard InChI is InChI=1S/C24H27ClN2O5S/c1-4-32-19-8-10-20(11-9-19)33(28,29)27(16-18-7-5-6-17(12-18)15-26)22-14-23(30-2)21(25)13-24(22)31-3/h5-14H,4,15-16,26H2,1-3H3. The molecule has 3 aromatic carbocycles. The summed E-state index contributed by atoms with van der Waals surface area (Å²) in [4.78, 5) is 0.108. The van der Waals surface area contributed by atoms with Crippen molar-refractivity contribution in [2.24, 2.45) is 5.73 Å². The molecule has 0 bridgehead atoms. The van der Waals surface area contributed by atoms with E-state index in [2.05, 4.69) is 0 Å². The van der Waals surface area contributed by atoms with Crippen LogP contribution in [0.5, 0.6) is 17.2 Å². The molecule has 7 nitrogen and oxygen atoms in total. The Kier molecular flexibility index (Phi) is 8.07. The van der Waals surface area contributed by atoms with E-state index < -0.39 is 10.0 Å². The molecule has 2 N–H and O–H groups in total. The van der Waals surface area contributed by atoms with Gasteiger partial charge < -0.3 is 19.9 Å². The number of halogens is 1. The van der Waals surface area contributed by atoms with E-state index in [1.165, 1.54) is 36.7 Å². The highest BCUT2D eigenvalue weighted by molar-refractivity contribution is 7.92. The molecule has 33 heavy (non-hydrogen) atoms. The Morgan fingerprint density at radius 1 is 0.939 bits per heavy atom. The molecule has 0 amide bonds. The molecule has 0 spiro atoms. The van der Waals surface area contributed by atoms with E-state index >= 15 is 0 Å². The van der Waals surface area contributed by atoms with Crippen LogP contribution in [0, 0.1) is 0 Å². The highest BCUT2D eigenvalue weighted by Crippen LogP contribution is 2.41. The molecule has 3 aromatic rings. The minimum absolute atomic E-state index is 0.0462. The van der Waals surface area contributed by atoms with E-state index in [-0.39, 0.29) is 11.4 Å². The zero-order valence-corrected chi connectivity index (χ0v) is 20.3. The summed E-state index contributed by atoms with van der Waals surface area (Å²) in [6.45, 7) is 2.74. The van der Waals surface area contributed by atoms with Crippen molar-refractivity contribution in [2.75, 3.05) is 25.1 Å². The second-order valence-corrected chi connectivity index (χ2v) is 9.37. The summed E-state index contributed by atoms with van der Waals surface area (Å²) in [6.07, 6.45) is 0. The molecular weight excluding hydrogens is 464 g/mol. The Morgan fingerprint density at radius 3 is 2.21 bits per heavy atom. The van der Waals surface area contributed by atoms with Crippen LogP contribution in [0.2, 0.25) is 5.02 Å². The molecule has 0 unspecified atom stereocenters. The Bertz CT molecular complexity index is 1200. The number of benzene rings is 3. The maximum Gasteiger partial charge on any atom is 0.264 e. The van der Waals surface area contributed by atoms with Gasteiger partial charge in [0.25, 0.3) is 10.0 Å². The van der Waals surface area contributed by atoms with E-state index in [1.54, 1.807) is 18.2 Å². The Labute approximate surface area is 199 Å². The highest BCUT2D eigenvalue weighted by atomic mass is 35.5. The lowest BCUT2D eigenvalue weighted by Crippen LogP contribution is -2.31. The highest BCUT2D eigenvalue weighted by Gasteiger charge is 2.29. The number of ether oxygens (including phenoxy) is 3. The SMILES string of the molecule is CCOc1ccc(S(=O)(=O)N(Cc2cccc(CN)c2)c2cc(OC)c(Cl)cc2OC)cc1. The van der Waals surface area contributed by atoms with Gasteiger partial charge in [0.05, 0.1) is 43.0 Å². The molecular formula is C24H27ClN2O5S. The summed E-state index contributed by atoms with van der Waals surface area (Å²) in [5, 5.41) is 0.307. The average Bonchev–Trinajstić information content (AvgIpc) is 2.83. The van der Waals surface area contributed by atoms with Gasteiger partial charge in [-0.15, -0.1) is 0 Å². The van der Waals surface area contributed by atoms with Gasteiger partial charge in [0.15, 0.2) is 0 Å². The number of hydrogen-bond donors (Lipinski definition) is 1. The van der Waals surface area contributed by atoms with Crippen molar-refractivity contribution in [3.05, 3.63) is 76.8 Å². The summed E-state index contributed by atoms with van der Waals surface area (Å²) < 4.78 is 45.2. The lowest BCUT2D eigenvalue weighted by molar-refractivity contribution is 0.340. The molecule has 0 aliphatic heterocycles. The Balaban J connectivity index is 2.16. The molecule has 0 saturated heterocycles. The van der Waals surface area contributed by atoms with Crippen LogP contribution in [-0.4, -0.2) is 29.2 Å². The van der Waals surface area contributed by atoms with Crippen molar-refractivity contribution in [2.45, 2.75) is 24.9 Å². The van der Waals surface area contributed by atoms with Crippen LogP contribution in [0.4, 0.5) is 5.69 Å². The van der Waals surface area contributed by atoms with Gasteiger partial charge >= 0.3 is 0 Å². The van der Waals surface area contributed by atoms with Crippen LogP contribution < -0.4 is 24.2 Å². The largest absolute Gasteiger partial charge is 0.495 e. The minimum Gasteiger partial charge on any atom is -0.495 e. The summed E-state index contributed by atoms with van der Waals surface area (Å²) in [7, 11) is -1.08. The maximum atomic E-state index is 13.8. The number of anilines is 1. The quantitative estimate of drug-likeness (QED) is 0.446. The van der Waals surface area contributed by atoms with Crippen LogP contribution in [0.25, 0.3) is 0 Å². The molecule has 3 rings (SSSR count).